The van der Waals surface area contributed by atoms with Crippen LogP contribution < -0.4 is 5.32 Å². The van der Waals surface area contributed by atoms with Crippen LogP contribution in [-0.2, 0) is 10.9 Å². The predicted molar refractivity (Wildman–Crippen MR) is 91.5 cm³/mol. The number of ether oxygens (including phenoxy) is 1. The third-order valence-electron chi connectivity index (χ3n) is 2.92. The highest BCUT2D eigenvalue weighted by Crippen LogP contribution is 2.29. The lowest BCUT2D eigenvalue weighted by Crippen LogP contribution is -2.27. The zero-order chi connectivity index (χ0) is 19.4. The van der Waals surface area contributed by atoms with Crippen LogP contribution in [0.5, 0.6) is 0 Å². The maximum absolute atomic E-state index is 12.7. The molecular formula is C19H17F3N2O2. The zero-order valence-corrected chi connectivity index (χ0v) is 14.4. The van der Waals surface area contributed by atoms with Gasteiger partial charge in [-0.3, -0.25) is 10.3 Å². The molecule has 1 amide bonds. The summed E-state index contributed by atoms with van der Waals surface area (Å²) in [5, 5.41) is 2.53. The standard InChI is InChI=1S/C19H17F3N2O2/c1-18(2,3)26-17(25)24-16-10-14(11-23-12-16)8-7-13-5-4-6-15(9-13)19(20,21)22/h4-6,9-12H,1-3H3,(H,24,25). The molecule has 0 unspecified atom stereocenters. The fourth-order valence-electron chi connectivity index (χ4n) is 1.92. The van der Waals surface area contributed by atoms with Gasteiger partial charge in [-0.15, -0.1) is 0 Å². The number of alkyl halides is 3. The second-order valence-electron chi connectivity index (χ2n) is 6.42. The number of hydrogen-bond acceptors (Lipinski definition) is 3. The number of aromatic nitrogens is 1. The van der Waals surface area contributed by atoms with E-state index >= 15 is 0 Å². The summed E-state index contributed by atoms with van der Waals surface area (Å²) < 4.78 is 43.3. The number of nitrogens with one attached hydrogen (secondary N) is 1. The van der Waals surface area contributed by atoms with Crippen LogP contribution in [0.15, 0.2) is 42.7 Å². The van der Waals surface area contributed by atoms with Gasteiger partial charge in [-0.05, 0) is 45.0 Å². The Morgan fingerprint density at radius 2 is 1.77 bits per heavy atom. The van der Waals surface area contributed by atoms with Crippen LogP contribution in [0.1, 0.15) is 37.5 Å². The van der Waals surface area contributed by atoms with Gasteiger partial charge in [0, 0.05) is 17.3 Å². The van der Waals surface area contributed by atoms with E-state index in [0.717, 1.165) is 12.1 Å². The average Bonchev–Trinajstić information content (AvgIpc) is 2.51. The van der Waals surface area contributed by atoms with Gasteiger partial charge in [-0.25, -0.2) is 4.79 Å². The number of carbonyl (C=O) groups is 1. The fourth-order valence-corrected chi connectivity index (χ4v) is 1.92. The molecule has 0 aliphatic heterocycles. The molecule has 7 heteroatoms. The van der Waals surface area contributed by atoms with Crippen molar-refractivity contribution in [3.8, 4) is 11.8 Å². The summed E-state index contributed by atoms with van der Waals surface area (Å²) in [6, 6.07) is 6.29. The van der Waals surface area contributed by atoms with E-state index in [4.69, 9.17) is 4.74 Å². The first kappa shape index (κ1) is 19.3. The lowest BCUT2D eigenvalue weighted by molar-refractivity contribution is -0.137. The van der Waals surface area contributed by atoms with Crippen LogP contribution >= 0.6 is 0 Å². The molecule has 0 atom stereocenters. The number of nitrogens with zero attached hydrogens (tertiary/aromatic N) is 1. The Kier molecular flexibility index (Phi) is 5.56. The first-order valence-corrected chi connectivity index (χ1v) is 7.67. The summed E-state index contributed by atoms with van der Waals surface area (Å²) >= 11 is 0. The van der Waals surface area contributed by atoms with E-state index < -0.39 is 23.4 Å². The van der Waals surface area contributed by atoms with Gasteiger partial charge in [0.05, 0.1) is 17.4 Å². The number of amides is 1. The smallest absolute Gasteiger partial charge is 0.416 e. The molecule has 0 saturated heterocycles. The highest BCUT2D eigenvalue weighted by molar-refractivity contribution is 5.84. The first-order valence-electron chi connectivity index (χ1n) is 7.67. The summed E-state index contributed by atoms with van der Waals surface area (Å²) in [7, 11) is 0. The van der Waals surface area contributed by atoms with E-state index in [0.29, 0.717) is 11.3 Å². The predicted octanol–water partition coefficient (Wildman–Crippen LogP) is 4.85. The van der Waals surface area contributed by atoms with E-state index in [9.17, 15) is 18.0 Å². The van der Waals surface area contributed by atoms with Crippen molar-refractivity contribution in [3.63, 3.8) is 0 Å². The van der Waals surface area contributed by atoms with Crippen molar-refractivity contribution in [2.24, 2.45) is 0 Å². The Hall–Kier alpha value is -3.01. The molecule has 0 bridgehead atoms. The lowest BCUT2D eigenvalue weighted by Gasteiger charge is -2.19. The Labute approximate surface area is 149 Å². The summed E-state index contributed by atoms with van der Waals surface area (Å²) in [5.41, 5.74) is -0.363. The van der Waals surface area contributed by atoms with Crippen LogP contribution in [-0.4, -0.2) is 16.7 Å². The van der Waals surface area contributed by atoms with E-state index in [-0.39, 0.29) is 5.56 Å². The number of benzene rings is 1. The molecule has 2 rings (SSSR count). The summed E-state index contributed by atoms with van der Waals surface area (Å²) in [6.45, 7) is 5.21. The average molecular weight is 362 g/mol. The zero-order valence-electron chi connectivity index (χ0n) is 14.4. The van der Waals surface area contributed by atoms with Crippen molar-refractivity contribution in [1.82, 2.24) is 4.98 Å². The van der Waals surface area contributed by atoms with Crippen molar-refractivity contribution in [1.29, 1.82) is 0 Å². The van der Waals surface area contributed by atoms with Crippen LogP contribution in [0.3, 0.4) is 0 Å². The summed E-state index contributed by atoms with van der Waals surface area (Å²) in [5.74, 6) is 5.39. The Bertz CT molecular complexity index is 859. The van der Waals surface area contributed by atoms with Gasteiger partial charge < -0.3 is 4.74 Å². The second-order valence-corrected chi connectivity index (χ2v) is 6.42. The topological polar surface area (TPSA) is 51.2 Å². The van der Waals surface area contributed by atoms with Crippen LogP contribution in [0.4, 0.5) is 23.7 Å². The maximum Gasteiger partial charge on any atom is 0.416 e. The van der Waals surface area contributed by atoms with E-state index in [1.165, 1.54) is 24.5 Å². The Morgan fingerprint density at radius 1 is 1.08 bits per heavy atom. The van der Waals surface area contributed by atoms with E-state index in [1.54, 1.807) is 26.8 Å². The van der Waals surface area contributed by atoms with Gasteiger partial charge in [0.1, 0.15) is 5.60 Å². The molecule has 1 aromatic carbocycles. The van der Waals surface area contributed by atoms with Crippen molar-refractivity contribution >= 4 is 11.8 Å². The molecule has 1 heterocycles. The molecule has 2 aromatic rings. The number of rotatable bonds is 1. The number of anilines is 1. The molecule has 1 N–H and O–H groups in total. The van der Waals surface area contributed by atoms with Gasteiger partial charge in [0.2, 0.25) is 0 Å². The quantitative estimate of drug-likeness (QED) is 0.738. The summed E-state index contributed by atoms with van der Waals surface area (Å²) in [4.78, 5) is 15.7. The van der Waals surface area contributed by atoms with Crippen molar-refractivity contribution in [2.75, 3.05) is 5.32 Å². The van der Waals surface area contributed by atoms with Crippen molar-refractivity contribution < 1.29 is 22.7 Å². The molecule has 0 spiro atoms. The van der Waals surface area contributed by atoms with Crippen LogP contribution in [0.2, 0.25) is 0 Å². The first-order chi connectivity index (χ1) is 12.0. The van der Waals surface area contributed by atoms with Crippen molar-refractivity contribution in [2.45, 2.75) is 32.5 Å². The van der Waals surface area contributed by atoms with Crippen molar-refractivity contribution in [3.05, 3.63) is 59.4 Å². The molecule has 0 aliphatic carbocycles. The molecule has 136 valence electrons. The fraction of sp³-hybridized carbons (Fsp3) is 0.263. The minimum absolute atomic E-state index is 0.227. The molecular weight excluding hydrogens is 345 g/mol. The normalized spacial score (nSPS) is 11.3. The number of halogens is 3. The van der Waals surface area contributed by atoms with Gasteiger partial charge in [0.25, 0.3) is 0 Å². The molecule has 4 nitrogen and oxygen atoms in total. The Balaban J connectivity index is 2.15. The van der Waals surface area contributed by atoms with Crippen LogP contribution in [0, 0.1) is 11.8 Å². The number of pyridine rings is 1. The molecule has 0 aliphatic rings. The van der Waals surface area contributed by atoms with E-state index in [2.05, 4.69) is 22.1 Å². The molecule has 0 saturated carbocycles. The SMILES string of the molecule is CC(C)(C)OC(=O)Nc1cncc(C#Cc2cccc(C(F)(F)F)c2)c1. The highest BCUT2D eigenvalue weighted by Gasteiger charge is 2.30. The largest absolute Gasteiger partial charge is 0.444 e. The minimum atomic E-state index is -4.42. The molecule has 0 radical (unpaired) electrons. The van der Waals surface area contributed by atoms with E-state index in [1.807, 2.05) is 0 Å². The lowest BCUT2D eigenvalue weighted by atomic mass is 10.1. The minimum Gasteiger partial charge on any atom is -0.444 e. The molecule has 0 fully saturated rings. The molecule has 26 heavy (non-hydrogen) atoms. The molecule has 1 aromatic heterocycles. The monoisotopic (exact) mass is 362 g/mol. The summed E-state index contributed by atoms with van der Waals surface area (Å²) in [6.07, 6.45) is -2.20. The third-order valence-corrected chi connectivity index (χ3v) is 2.92. The van der Waals surface area contributed by atoms with Gasteiger partial charge in [-0.2, -0.15) is 13.2 Å². The maximum atomic E-state index is 12.7. The van der Waals surface area contributed by atoms with Gasteiger partial charge >= 0.3 is 12.3 Å². The van der Waals surface area contributed by atoms with Gasteiger partial charge in [-0.1, -0.05) is 17.9 Å². The third kappa shape index (κ3) is 6.13. The number of hydrogen-bond donors (Lipinski definition) is 1. The highest BCUT2D eigenvalue weighted by atomic mass is 19.4. The van der Waals surface area contributed by atoms with Crippen LogP contribution in [0.25, 0.3) is 0 Å². The Morgan fingerprint density at radius 3 is 2.42 bits per heavy atom. The van der Waals surface area contributed by atoms with Gasteiger partial charge in [0.15, 0.2) is 0 Å². The second kappa shape index (κ2) is 7.48. The number of carbonyl (C=O) groups excluding carboxylic acids is 1.